The van der Waals surface area contributed by atoms with Crippen LogP contribution in [-0.4, -0.2) is 34.2 Å². The summed E-state index contributed by atoms with van der Waals surface area (Å²) in [6, 6.07) is 10.4. The predicted octanol–water partition coefficient (Wildman–Crippen LogP) is 3.76. The minimum absolute atomic E-state index is 0.0967. The standard InChI is InChI=1S/C20H32O4Si/c1-20(2,3)18(25(6,7)15-11-9-8-10-12-15)16(19(22)24-5)13-14-17(21)23-4/h8-12,16,18H,13-14H2,1-7H3/t16-,18-/m1/s1. The van der Waals surface area contributed by atoms with Gasteiger partial charge in [0, 0.05) is 6.42 Å². The first-order chi connectivity index (χ1) is 11.6. The third-order valence-electron chi connectivity index (χ3n) is 5.02. The summed E-state index contributed by atoms with van der Waals surface area (Å²) in [6.07, 6.45) is 0.673. The Labute approximate surface area is 152 Å². The van der Waals surface area contributed by atoms with Gasteiger partial charge in [-0.3, -0.25) is 9.59 Å². The molecule has 0 aliphatic carbocycles. The van der Waals surface area contributed by atoms with Crippen molar-refractivity contribution < 1.29 is 19.1 Å². The Morgan fingerprint density at radius 2 is 1.60 bits per heavy atom. The minimum Gasteiger partial charge on any atom is -0.469 e. The van der Waals surface area contributed by atoms with E-state index in [1.54, 1.807) is 0 Å². The summed E-state index contributed by atoms with van der Waals surface area (Å²) in [4.78, 5) is 24.3. The lowest BCUT2D eigenvalue weighted by Gasteiger charge is -2.45. The van der Waals surface area contributed by atoms with E-state index in [9.17, 15) is 9.59 Å². The van der Waals surface area contributed by atoms with Crippen LogP contribution in [0.1, 0.15) is 33.6 Å². The molecule has 0 unspecified atom stereocenters. The highest BCUT2D eigenvalue weighted by Crippen LogP contribution is 2.46. The Kier molecular flexibility index (Phi) is 7.41. The molecular formula is C20H32O4Si. The van der Waals surface area contributed by atoms with Crippen molar-refractivity contribution in [1.82, 2.24) is 0 Å². The number of methoxy groups -OCH3 is 2. The fourth-order valence-corrected chi connectivity index (χ4v) is 9.07. The van der Waals surface area contributed by atoms with Gasteiger partial charge in [0.25, 0.3) is 0 Å². The summed E-state index contributed by atoms with van der Waals surface area (Å²) in [6.45, 7) is 11.1. The van der Waals surface area contributed by atoms with E-state index in [0.29, 0.717) is 6.42 Å². The smallest absolute Gasteiger partial charge is 0.308 e. The zero-order valence-electron chi connectivity index (χ0n) is 16.6. The molecule has 0 aliphatic heterocycles. The second kappa shape index (κ2) is 8.65. The number of carbonyl (C=O) groups excluding carboxylic acids is 2. The number of ether oxygens (including phenoxy) is 2. The lowest BCUT2D eigenvalue weighted by molar-refractivity contribution is -0.147. The highest BCUT2D eigenvalue weighted by Gasteiger charge is 2.48. The van der Waals surface area contributed by atoms with E-state index in [1.165, 1.54) is 19.4 Å². The molecule has 1 rings (SSSR count). The Bertz CT molecular complexity index is 575. The van der Waals surface area contributed by atoms with Crippen LogP contribution in [0, 0.1) is 11.3 Å². The molecule has 0 aliphatic rings. The van der Waals surface area contributed by atoms with E-state index in [1.807, 2.05) is 18.2 Å². The molecule has 5 heteroatoms. The molecule has 0 aromatic heterocycles. The minimum atomic E-state index is -2.02. The summed E-state index contributed by atoms with van der Waals surface area (Å²) in [5.41, 5.74) is 0.0279. The van der Waals surface area contributed by atoms with Crippen LogP contribution >= 0.6 is 0 Å². The molecule has 4 nitrogen and oxygen atoms in total. The molecule has 0 bridgehead atoms. The molecular weight excluding hydrogens is 332 g/mol. The van der Waals surface area contributed by atoms with Crippen molar-refractivity contribution in [3.05, 3.63) is 30.3 Å². The number of esters is 2. The van der Waals surface area contributed by atoms with Crippen LogP contribution in [0.3, 0.4) is 0 Å². The van der Waals surface area contributed by atoms with Gasteiger partial charge in [-0.15, -0.1) is 0 Å². The molecule has 0 N–H and O–H groups in total. The topological polar surface area (TPSA) is 52.6 Å². The van der Waals surface area contributed by atoms with Crippen molar-refractivity contribution in [2.75, 3.05) is 14.2 Å². The van der Waals surface area contributed by atoms with Crippen molar-refractivity contribution in [2.24, 2.45) is 11.3 Å². The zero-order chi connectivity index (χ0) is 19.3. The van der Waals surface area contributed by atoms with Crippen molar-refractivity contribution >= 4 is 25.2 Å². The average Bonchev–Trinajstić information content (AvgIpc) is 2.56. The van der Waals surface area contributed by atoms with Crippen molar-refractivity contribution in [2.45, 2.75) is 52.2 Å². The van der Waals surface area contributed by atoms with E-state index >= 15 is 0 Å². The van der Waals surface area contributed by atoms with Crippen LogP contribution in [0.15, 0.2) is 30.3 Å². The Hall–Kier alpha value is -1.62. The molecule has 0 fully saturated rings. The Morgan fingerprint density at radius 3 is 2.04 bits per heavy atom. The van der Waals surface area contributed by atoms with Crippen LogP contribution in [0.2, 0.25) is 18.6 Å². The third-order valence-corrected chi connectivity index (χ3v) is 9.67. The molecule has 2 atom stereocenters. The van der Waals surface area contributed by atoms with Gasteiger partial charge in [-0.1, -0.05) is 69.4 Å². The third kappa shape index (κ3) is 5.43. The normalized spacial score (nSPS) is 14.5. The zero-order valence-corrected chi connectivity index (χ0v) is 17.6. The summed E-state index contributed by atoms with van der Waals surface area (Å²) < 4.78 is 9.89. The fraction of sp³-hybridized carbons (Fsp3) is 0.600. The average molecular weight is 365 g/mol. The largest absolute Gasteiger partial charge is 0.469 e. The van der Waals surface area contributed by atoms with Gasteiger partial charge in [0.2, 0.25) is 0 Å². The second-order valence-electron chi connectivity index (χ2n) is 8.18. The lowest BCUT2D eigenvalue weighted by atomic mass is 9.81. The summed E-state index contributed by atoms with van der Waals surface area (Å²) in [5.74, 6) is -0.855. The lowest BCUT2D eigenvalue weighted by Crippen LogP contribution is -2.54. The van der Waals surface area contributed by atoms with Gasteiger partial charge >= 0.3 is 11.9 Å². The van der Waals surface area contributed by atoms with Crippen molar-refractivity contribution in [3.63, 3.8) is 0 Å². The van der Waals surface area contributed by atoms with E-state index < -0.39 is 8.07 Å². The maximum absolute atomic E-state index is 12.6. The molecule has 0 saturated carbocycles. The molecule has 140 valence electrons. The van der Waals surface area contributed by atoms with Gasteiger partial charge in [0.15, 0.2) is 0 Å². The number of carbonyl (C=O) groups is 2. The van der Waals surface area contributed by atoms with Gasteiger partial charge in [-0.05, 0) is 17.4 Å². The van der Waals surface area contributed by atoms with Crippen LogP contribution in [0.25, 0.3) is 0 Å². The number of benzene rings is 1. The molecule has 0 radical (unpaired) electrons. The molecule has 1 aromatic carbocycles. The SMILES string of the molecule is COC(=O)CC[C@@H](C(=O)OC)[C@H](C(C)(C)C)[Si](C)(C)c1ccccc1. The van der Waals surface area contributed by atoms with Crippen LogP contribution < -0.4 is 5.19 Å². The molecule has 0 spiro atoms. The Morgan fingerprint density at radius 1 is 1.04 bits per heavy atom. The van der Waals surface area contributed by atoms with Gasteiger partial charge in [-0.2, -0.15) is 0 Å². The molecule has 1 aromatic rings. The number of hydrogen-bond acceptors (Lipinski definition) is 4. The highest BCUT2D eigenvalue weighted by molar-refractivity contribution is 6.91. The first-order valence-corrected chi connectivity index (χ1v) is 11.8. The van der Waals surface area contributed by atoms with Crippen molar-refractivity contribution in [3.8, 4) is 0 Å². The highest BCUT2D eigenvalue weighted by atomic mass is 28.3. The van der Waals surface area contributed by atoms with E-state index in [-0.39, 0.29) is 35.2 Å². The van der Waals surface area contributed by atoms with Gasteiger partial charge < -0.3 is 9.47 Å². The van der Waals surface area contributed by atoms with E-state index in [0.717, 1.165) is 0 Å². The number of rotatable bonds is 7. The van der Waals surface area contributed by atoms with Gasteiger partial charge in [0.1, 0.15) is 0 Å². The number of hydrogen-bond donors (Lipinski definition) is 0. The maximum Gasteiger partial charge on any atom is 0.308 e. The van der Waals surface area contributed by atoms with Gasteiger partial charge in [0.05, 0.1) is 28.2 Å². The summed E-state index contributed by atoms with van der Waals surface area (Å²) in [5, 5.41) is 1.31. The van der Waals surface area contributed by atoms with Crippen LogP contribution in [0.4, 0.5) is 0 Å². The monoisotopic (exact) mass is 364 g/mol. The van der Waals surface area contributed by atoms with Crippen LogP contribution in [-0.2, 0) is 19.1 Å². The first kappa shape index (κ1) is 21.4. The predicted molar refractivity (Wildman–Crippen MR) is 104 cm³/mol. The molecule has 0 amide bonds. The summed E-state index contributed by atoms with van der Waals surface area (Å²) in [7, 11) is 0.774. The maximum atomic E-state index is 12.6. The quantitative estimate of drug-likeness (QED) is 0.546. The van der Waals surface area contributed by atoms with E-state index in [2.05, 4.69) is 46.0 Å². The fourth-order valence-electron chi connectivity index (χ4n) is 4.18. The van der Waals surface area contributed by atoms with E-state index in [4.69, 9.17) is 9.47 Å². The van der Waals surface area contributed by atoms with Gasteiger partial charge in [-0.25, -0.2) is 0 Å². The summed E-state index contributed by atoms with van der Waals surface area (Å²) >= 11 is 0. The molecule has 25 heavy (non-hydrogen) atoms. The van der Waals surface area contributed by atoms with Crippen molar-refractivity contribution in [1.29, 1.82) is 0 Å². The first-order valence-electron chi connectivity index (χ1n) is 8.75. The Balaban J connectivity index is 3.33. The molecule has 0 heterocycles. The van der Waals surface area contributed by atoms with Crippen LogP contribution in [0.5, 0.6) is 0 Å². The second-order valence-corrected chi connectivity index (χ2v) is 12.8. The molecule has 0 saturated heterocycles.